The highest BCUT2D eigenvalue weighted by atomic mass is 16.6. The third-order valence-electron chi connectivity index (χ3n) is 4.72. The van der Waals surface area contributed by atoms with Crippen molar-refractivity contribution in [3.8, 4) is 0 Å². The topological polar surface area (TPSA) is 53.9 Å². The fourth-order valence-corrected chi connectivity index (χ4v) is 3.03. The Balaban J connectivity index is 1.49. The fourth-order valence-electron chi connectivity index (χ4n) is 3.03. The number of carbonyl (C=O) groups excluding carboxylic acids is 1. The summed E-state index contributed by atoms with van der Waals surface area (Å²) in [6, 6.07) is 15.9. The van der Waals surface area contributed by atoms with Crippen LogP contribution in [0.25, 0.3) is 0 Å². The normalized spacial score (nSPS) is 15.6. The van der Waals surface area contributed by atoms with Gasteiger partial charge in [0.15, 0.2) is 0 Å². The van der Waals surface area contributed by atoms with Crippen LogP contribution in [0.1, 0.15) is 37.3 Å². The molecule has 1 aliphatic rings. The molecule has 0 aliphatic carbocycles. The Morgan fingerprint density at radius 1 is 1.07 bits per heavy atom. The zero-order valence-corrected chi connectivity index (χ0v) is 16.0. The standard InChI is InChI=1S/C22H27N3O2/c1-17-6-8-19(9-7-17)16-23-27-18(2)22(26)24-20-10-12-21(13-11-20)25-14-4-3-5-15-25/h6-13,16,18H,3-5,14-15H2,1-2H3,(H,24,26)/b23-16-/t18-/m1/s1. The Morgan fingerprint density at radius 3 is 2.41 bits per heavy atom. The third kappa shape index (κ3) is 5.58. The Bertz CT molecular complexity index is 763. The summed E-state index contributed by atoms with van der Waals surface area (Å²) >= 11 is 0. The van der Waals surface area contributed by atoms with Gasteiger partial charge in [0.25, 0.3) is 5.91 Å². The van der Waals surface area contributed by atoms with Gasteiger partial charge < -0.3 is 15.1 Å². The Kier molecular flexibility index (Phi) is 6.47. The average Bonchev–Trinajstić information content (AvgIpc) is 2.70. The van der Waals surface area contributed by atoms with Gasteiger partial charge in [0.1, 0.15) is 0 Å². The molecule has 0 radical (unpaired) electrons. The van der Waals surface area contributed by atoms with E-state index in [1.54, 1.807) is 13.1 Å². The molecule has 1 fully saturated rings. The first-order valence-corrected chi connectivity index (χ1v) is 9.53. The number of hydrogen-bond acceptors (Lipinski definition) is 4. The Labute approximate surface area is 161 Å². The van der Waals surface area contributed by atoms with Crippen molar-refractivity contribution in [1.29, 1.82) is 0 Å². The number of hydrogen-bond donors (Lipinski definition) is 1. The molecule has 2 aromatic carbocycles. The summed E-state index contributed by atoms with van der Waals surface area (Å²) in [5.41, 5.74) is 4.09. The minimum absolute atomic E-state index is 0.221. The van der Waals surface area contributed by atoms with Crippen LogP contribution in [-0.4, -0.2) is 31.3 Å². The first-order valence-electron chi connectivity index (χ1n) is 9.53. The second-order valence-corrected chi connectivity index (χ2v) is 6.98. The minimum atomic E-state index is -0.673. The first-order chi connectivity index (χ1) is 13.1. The van der Waals surface area contributed by atoms with E-state index in [0.717, 1.165) is 24.3 Å². The molecule has 1 heterocycles. The molecule has 2 aromatic rings. The van der Waals surface area contributed by atoms with Crippen LogP contribution >= 0.6 is 0 Å². The predicted molar refractivity (Wildman–Crippen MR) is 110 cm³/mol. The van der Waals surface area contributed by atoms with E-state index in [4.69, 9.17) is 4.84 Å². The van der Waals surface area contributed by atoms with Crippen LogP contribution in [0, 0.1) is 6.92 Å². The van der Waals surface area contributed by atoms with Crippen LogP contribution in [0.3, 0.4) is 0 Å². The lowest BCUT2D eigenvalue weighted by Gasteiger charge is -2.28. The van der Waals surface area contributed by atoms with Crippen molar-refractivity contribution in [2.24, 2.45) is 5.16 Å². The van der Waals surface area contributed by atoms with Gasteiger partial charge in [-0.3, -0.25) is 4.79 Å². The van der Waals surface area contributed by atoms with Gasteiger partial charge in [-0.25, -0.2) is 0 Å². The van der Waals surface area contributed by atoms with Crippen LogP contribution < -0.4 is 10.2 Å². The summed E-state index contributed by atoms with van der Waals surface area (Å²) in [6.07, 6.45) is 4.74. The highest BCUT2D eigenvalue weighted by Gasteiger charge is 2.15. The van der Waals surface area contributed by atoms with E-state index in [2.05, 4.69) is 27.5 Å². The molecule has 27 heavy (non-hydrogen) atoms. The van der Waals surface area contributed by atoms with Crippen LogP contribution in [0.4, 0.5) is 11.4 Å². The maximum Gasteiger partial charge on any atom is 0.267 e. The third-order valence-corrected chi connectivity index (χ3v) is 4.72. The number of oxime groups is 1. The summed E-state index contributed by atoms with van der Waals surface area (Å²) in [7, 11) is 0. The van der Waals surface area contributed by atoms with Crippen LogP contribution in [0.2, 0.25) is 0 Å². The molecule has 1 N–H and O–H groups in total. The lowest BCUT2D eigenvalue weighted by molar-refractivity contribution is -0.126. The van der Waals surface area contributed by atoms with E-state index in [1.165, 1.54) is 30.5 Å². The van der Waals surface area contributed by atoms with Crippen LogP contribution in [-0.2, 0) is 9.63 Å². The van der Waals surface area contributed by atoms with E-state index in [9.17, 15) is 4.79 Å². The molecular formula is C22H27N3O2. The highest BCUT2D eigenvalue weighted by Crippen LogP contribution is 2.21. The van der Waals surface area contributed by atoms with Crippen molar-refractivity contribution in [1.82, 2.24) is 0 Å². The molecule has 0 spiro atoms. The smallest absolute Gasteiger partial charge is 0.267 e. The molecule has 0 bridgehead atoms. The summed E-state index contributed by atoms with van der Waals surface area (Å²) in [4.78, 5) is 19.9. The molecule has 5 heteroatoms. The lowest BCUT2D eigenvalue weighted by atomic mass is 10.1. The number of anilines is 2. The predicted octanol–water partition coefficient (Wildman–Crippen LogP) is 4.36. The van der Waals surface area contributed by atoms with Crippen molar-refractivity contribution in [3.63, 3.8) is 0 Å². The number of piperidine rings is 1. The maximum absolute atomic E-state index is 12.3. The molecule has 0 unspecified atom stereocenters. The van der Waals surface area contributed by atoms with Gasteiger partial charge in [0.2, 0.25) is 6.10 Å². The van der Waals surface area contributed by atoms with Gasteiger partial charge in [-0.1, -0.05) is 35.0 Å². The minimum Gasteiger partial charge on any atom is -0.383 e. The molecule has 142 valence electrons. The van der Waals surface area contributed by atoms with E-state index in [0.29, 0.717) is 0 Å². The Hall–Kier alpha value is -2.82. The van der Waals surface area contributed by atoms with Gasteiger partial charge in [0.05, 0.1) is 6.21 Å². The second-order valence-electron chi connectivity index (χ2n) is 6.98. The second kappa shape index (κ2) is 9.21. The molecule has 0 aromatic heterocycles. The van der Waals surface area contributed by atoms with Gasteiger partial charge in [0, 0.05) is 24.5 Å². The summed E-state index contributed by atoms with van der Waals surface area (Å²) in [5.74, 6) is -0.221. The largest absolute Gasteiger partial charge is 0.383 e. The number of rotatable bonds is 6. The lowest BCUT2D eigenvalue weighted by Crippen LogP contribution is -2.29. The van der Waals surface area contributed by atoms with Gasteiger partial charge in [-0.05, 0) is 62.9 Å². The molecule has 1 atom stereocenters. The van der Waals surface area contributed by atoms with E-state index in [-0.39, 0.29) is 5.91 Å². The zero-order valence-electron chi connectivity index (χ0n) is 16.0. The zero-order chi connectivity index (χ0) is 19.1. The fraction of sp³-hybridized carbons (Fsp3) is 0.364. The first kappa shape index (κ1) is 19.0. The molecule has 3 rings (SSSR count). The number of amides is 1. The molecular weight excluding hydrogens is 338 g/mol. The molecule has 1 saturated heterocycles. The maximum atomic E-state index is 12.3. The number of nitrogens with one attached hydrogen (secondary N) is 1. The summed E-state index contributed by atoms with van der Waals surface area (Å²) in [5, 5.41) is 6.79. The van der Waals surface area contributed by atoms with Gasteiger partial charge >= 0.3 is 0 Å². The van der Waals surface area contributed by atoms with Crippen molar-refractivity contribution >= 4 is 23.5 Å². The van der Waals surface area contributed by atoms with Crippen LogP contribution in [0.15, 0.2) is 53.7 Å². The number of aryl methyl sites for hydroxylation is 1. The van der Waals surface area contributed by atoms with Crippen LogP contribution in [0.5, 0.6) is 0 Å². The average molecular weight is 365 g/mol. The van der Waals surface area contributed by atoms with Crippen molar-refractivity contribution in [2.45, 2.75) is 39.2 Å². The number of carbonyl (C=O) groups is 1. The molecule has 1 amide bonds. The van der Waals surface area contributed by atoms with E-state index in [1.807, 2.05) is 43.3 Å². The van der Waals surface area contributed by atoms with Crippen molar-refractivity contribution in [2.75, 3.05) is 23.3 Å². The van der Waals surface area contributed by atoms with E-state index >= 15 is 0 Å². The number of nitrogens with zero attached hydrogens (tertiary/aromatic N) is 2. The van der Waals surface area contributed by atoms with Crippen molar-refractivity contribution < 1.29 is 9.63 Å². The van der Waals surface area contributed by atoms with Crippen molar-refractivity contribution in [3.05, 3.63) is 59.7 Å². The molecule has 5 nitrogen and oxygen atoms in total. The summed E-state index contributed by atoms with van der Waals surface area (Å²) < 4.78 is 0. The molecule has 0 saturated carbocycles. The highest BCUT2D eigenvalue weighted by molar-refractivity contribution is 5.94. The SMILES string of the molecule is Cc1ccc(/C=N\O[C@H](C)C(=O)Nc2ccc(N3CCCCC3)cc2)cc1. The summed E-state index contributed by atoms with van der Waals surface area (Å²) in [6.45, 7) is 5.93. The molecule has 1 aliphatic heterocycles. The monoisotopic (exact) mass is 365 g/mol. The van der Waals surface area contributed by atoms with Gasteiger partial charge in [-0.2, -0.15) is 0 Å². The Morgan fingerprint density at radius 2 is 1.74 bits per heavy atom. The number of benzene rings is 2. The quantitative estimate of drug-likeness (QED) is 0.611. The van der Waals surface area contributed by atoms with E-state index < -0.39 is 6.10 Å². The van der Waals surface area contributed by atoms with Gasteiger partial charge in [-0.15, -0.1) is 0 Å².